The molecule has 6 nitrogen and oxygen atoms in total. The number of aliphatic hydroxyl groups excluding tert-OH is 1. The highest BCUT2D eigenvalue weighted by atomic mass is 32.2. The maximum absolute atomic E-state index is 12.1. The van der Waals surface area contributed by atoms with Crippen LogP contribution in [0, 0.1) is 0 Å². The minimum absolute atomic E-state index is 0.0361. The summed E-state index contributed by atoms with van der Waals surface area (Å²) in [4.78, 5) is 6.72. The smallest absolute Gasteiger partial charge is 0.278 e. The molecular formula is C13H17N3O3S. The highest BCUT2D eigenvalue weighted by Crippen LogP contribution is 2.18. The van der Waals surface area contributed by atoms with Crippen molar-refractivity contribution in [3.8, 4) is 0 Å². The van der Waals surface area contributed by atoms with Crippen LogP contribution in [-0.2, 0) is 16.4 Å². The van der Waals surface area contributed by atoms with E-state index in [4.69, 9.17) is 0 Å². The molecule has 1 aromatic heterocycles. The van der Waals surface area contributed by atoms with Gasteiger partial charge < -0.3 is 10.1 Å². The standard InChI is InChI=1S/C13H17N3O3S/c1-3-12-14-8-13(15-12)20(18,19)16-11-6-4-10(5-7-11)9(2)17/h4-9,16-17H,3H2,1-2H3,(H,14,15). The fraction of sp³-hybridized carbons (Fsp3) is 0.308. The van der Waals surface area contributed by atoms with Crippen molar-refractivity contribution in [1.29, 1.82) is 0 Å². The summed E-state index contributed by atoms with van der Waals surface area (Å²) in [6.45, 7) is 3.54. The van der Waals surface area contributed by atoms with Crippen molar-refractivity contribution in [3.05, 3.63) is 41.9 Å². The molecule has 1 aromatic carbocycles. The third kappa shape index (κ3) is 3.17. The van der Waals surface area contributed by atoms with E-state index in [2.05, 4.69) is 14.7 Å². The van der Waals surface area contributed by atoms with Crippen molar-refractivity contribution in [2.75, 3.05) is 4.72 Å². The zero-order valence-electron chi connectivity index (χ0n) is 11.3. The Morgan fingerprint density at radius 1 is 1.35 bits per heavy atom. The van der Waals surface area contributed by atoms with Crippen LogP contribution in [0.3, 0.4) is 0 Å². The van der Waals surface area contributed by atoms with E-state index in [0.29, 0.717) is 17.9 Å². The van der Waals surface area contributed by atoms with Crippen molar-refractivity contribution < 1.29 is 13.5 Å². The zero-order valence-corrected chi connectivity index (χ0v) is 12.1. The number of aliphatic hydroxyl groups is 1. The van der Waals surface area contributed by atoms with Crippen molar-refractivity contribution >= 4 is 15.7 Å². The van der Waals surface area contributed by atoms with Gasteiger partial charge in [0.25, 0.3) is 10.0 Å². The summed E-state index contributed by atoms with van der Waals surface area (Å²) in [7, 11) is -3.67. The van der Waals surface area contributed by atoms with Gasteiger partial charge in [0.2, 0.25) is 0 Å². The first-order valence-electron chi connectivity index (χ1n) is 6.27. The number of hydrogen-bond acceptors (Lipinski definition) is 4. The van der Waals surface area contributed by atoms with Crippen LogP contribution in [0.25, 0.3) is 0 Å². The van der Waals surface area contributed by atoms with Crippen LogP contribution in [0.2, 0.25) is 0 Å². The number of nitrogens with one attached hydrogen (secondary N) is 2. The monoisotopic (exact) mass is 295 g/mol. The lowest BCUT2D eigenvalue weighted by Crippen LogP contribution is -2.13. The molecule has 7 heteroatoms. The summed E-state index contributed by atoms with van der Waals surface area (Å²) in [5, 5.41) is 9.44. The van der Waals surface area contributed by atoms with E-state index in [1.54, 1.807) is 31.2 Å². The van der Waals surface area contributed by atoms with E-state index < -0.39 is 16.1 Å². The van der Waals surface area contributed by atoms with Crippen LogP contribution in [0.4, 0.5) is 5.69 Å². The number of aryl methyl sites for hydroxylation is 1. The molecule has 0 saturated heterocycles. The number of rotatable bonds is 5. The SMILES string of the molecule is CCc1ncc(S(=O)(=O)Nc2ccc(C(C)O)cc2)[nH]1. The summed E-state index contributed by atoms with van der Waals surface area (Å²) in [5.41, 5.74) is 1.16. The van der Waals surface area contributed by atoms with E-state index in [1.165, 1.54) is 6.20 Å². The number of anilines is 1. The van der Waals surface area contributed by atoms with Gasteiger partial charge in [-0.15, -0.1) is 0 Å². The molecule has 0 aliphatic rings. The summed E-state index contributed by atoms with van der Waals surface area (Å²) < 4.78 is 26.7. The van der Waals surface area contributed by atoms with Crippen LogP contribution in [0.1, 0.15) is 31.3 Å². The Kier molecular flexibility index (Phi) is 4.10. The topological polar surface area (TPSA) is 95.1 Å². The number of benzene rings is 1. The van der Waals surface area contributed by atoms with Crippen LogP contribution in [0.5, 0.6) is 0 Å². The fourth-order valence-electron chi connectivity index (χ4n) is 1.70. The Morgan fingerprint density at radius 2 is 2.00 bits per heavy atom. The molecule has 20 heavy (non-hydrogen) atoms. The van der Waals surface area contributed by atoms with Crippen molar-refractivity contribution in [2.45, 2.75) is 31.4 Å². The first-order valence-corrected chi connectivity index (χ1v) is 7.75. The maximum Gasteiger partial charge on any atom is 0.278 e. The number of hydrogen-bond donors (Lipinski definition) is 3. The highest BCUT2D eigenvalue weighted by Gasteiger charge is 2.17. The Morgan fingerprint density at radius 3 is 2.50 bits per heavy atom. The minimum atomic E-state index is -3.67. The molecule has 2 aromatic rings. The Hall–Kier alpha value is -1.86. The van der Waals surface area contributed by atoms with Crippen molar-refractivity contribution in [2.24, 2.45) is 0 Å². The number of sulfonamides is 1. The van der Waals surface area contributed by atoms with E-state index in [-0.39, 0.29) is 5.03 Å². The Bertz CT molecular complexity index is 675. The lowest BCUT2D eigenvalue weighted by atomic mass is 10.1. The second-order valence-corrected chi connectivity index (χ2v) is 6.10. The molecule has 1 heterocycles. The van der Waals surface area contributed by atoms with E-state index in [9.17, 15) is 13.5 Å². The molecule has 1 unspecified atom stereocenters. The number of aromatic nitrogens is 2. The van der Waals surface area contributed by atoms with Gasteiger partial charge in [0, 0.05) is 12.1 Å². The maximum atomic E-state index is 12.1. The second-order valence-electron chi connectivity index (χ2n) is 4.45. The second kappa shape index (κ2) is 5.64. The van der Waals surface area contributed by atoms with Crippen molar-refractivity contribution in [1.82, 2.24) is 9.97 Å². The minimum Gasteiger partial charge on any atom is -0.389 e. The lowest BCUT2D eigenvalue weighted by molar-refractivity contribution is 0.199. The normalized spacial score (nSPS) is 13.2. The summed E-state index contributed by atoms with van der Waals surface area (Å²) >= 11 is 0. The van der Waals surface area contributed by atoms with E-state index >= 15 is 0 Å². The number of H-pyrrole nitrogens is 1. The van der Waals surface area contributed by atoms with Gasteiger partial charge in [-0.3, -0.25) is 4.72 Å². The summed E-state index contributed by atoms with van der Waals surface area (Å²) in [6, 6.07) is 6.56. The molecule has 0 saturated carbocycles. The summed E-state index contributed by atoms with van der Waals surface area (Å²) in [6.07, 6.45) is 1.35. The van der Waals surface area contributed by atoms with Gasteiger partial charge in [-0.1, -0.05) is 19.1 Å². The third-order valence-electron chi connectivity index (χ3n) is 2.87. The molecule has 0 radical (unpaired) electrons. The fourth-order valence-corrected chi connectivity index (χ4v) is 2.70. The Balaban J connectivity index is 2.19. The molecule has 0 aliphatic heterocycles. The molecule has 0 amide bonds. The molecule has 2 rings (SSSR count). The van der Waals surface area contributed by atoms with Gasteiger partial charge in [0.15, 0.2) is 5.03 Å². The van der Waals surface area contributed by atoms with Crippen LogP contribution in [0.15, 0.2) is 35.5 Å². The van der Waals surface area contributed by atoms with E-state index in [0.717, 1.165) is 5.56 Å². The lowest BCUT2D eigenvalue weighted by Gasteiger charge is -2.08. The largest absolute Gasteiger partial charge is 0.389 e. The molecule has 0 bridgehead atoms. The van der Waals surface area contributed by atoms with Crippen LogP contribution >= 0.6 is 0 Å². The quantitative estimate of drug-likeness (QED) is 0.784. The number of aromatic amines is 1. The van der Waals surface area contributed by atoms with Crippen molar-refractivity contribution in [3.63, 3.8) is 0 Å². The average Bonchev–Trinajstić information content (AvgIpc) is 2.88. The van der Waals surface area contributed by atoms with Gasteiger partial charge in [0.05, 0.1) is 12.3 Å². The average molecular weight is 295 g/mol. The predicted molar refractivity (Wildman–Crippen MR) is 75.9 cm³/mol. The third-order valence-corrected chi connectivity index (χ3v) is 4.17. The highest BCUT2D eigenvalue weighted by molar-refractivity contribution is 7.92. The van der Waals surface area contributed by atoms with Gasteiger partial charge in [-0.25, -0.2) is 4.98 Å². The van der Waals surface area contributed by atoms with Gasteiger partial charge >= 0.3 is 0 Å². The number of imidazole rings is 1. The summed E-state index contributed by atoms with van der Waals surface area (Å²) in [5.74, 6) is 0.620. The Labute approximate surface area is 117 Å². The first-order chi connectivity index (χ1) is 9.42. The van der Waals surface area contributed by atoms with Gasteiger partial charge in [0.1, 0.15) is 5.82 Å². The van der Waals surface area contributed by atoms with Crippen LogP contribution < -0.4 is 4.72 Å². The zero-order chi connectivity index (χ0) is 14.8. The van der Waals surface area contributed by atoms with Gasteiger partial charge in [-0.2, -0.15) is 8.42 Å². The predicted octanol–water partition coefficient (Wildman–Crippen LogP) is 1.83. The molecule has 1 atom stereocenters. The number of nitrogens with zero attached hydrogens (tertiary/aromatic N) is 1. The molecule has 108 valence electrons. The molecule has 0 spiro atoms. The molecule has 0 aliphatic carbocycles. The van der Waals surface area contributed by atoms with E-state index in [1.807, 2.05) is 6.92 Å². The van der Waals surface area contributed by atoms with Gasteiger partial charge in [-0.05, 0) is 24.6 Å². The molecule has 0 fully saturated rings. The first kappa shape index (κ1) is 14.5. The molecular weight excluding hydrogens is 278 g/mol. The molecule has 3 N–H and O–H groups in total. The van der Waals surface area contributed by atoms with Crippen LogP contribution in [-0.4, -0.2) is 23.5 Å².